The summed E-state index contributed by atoms with van der Waals surface area (Å²) in [5, 5.41) is 0. The van der Waals surface area contributed by atoms with Crippen molar-refractivity contribution in [2.45, 2.75) is 50.7 Å². The largest absolute Gasteiger partial charge is 0.372 e. The molecule has 0 saturated carbocycles. The molecule has 0 aliphatic carbocycles. The van der Waals surface area contributed by atoms with Crippen LogP contribution in [0.3, 0.4) is 0 Å². The number of carbonyl (C=O) groups excluding carboxylic acids is 1. The molecule has 2 aliphatic heterocycles. The number of benzene rings is 1. The predicted molar refractivity (Wildman–Crippen MR) is 99.3 cm³/mol. The number of morpholine rings is 1. The molecule has 2 fully saturated rings. The number of hydrogen-bond donors (Lipinski definition) is 0. The fraction of sp³-hybridized carbons (Fsp3) is 0.632. The Morgan fingerprint density at radius 3 is 2.12 bits per heavy atom. The first kappa shape index (κ1) is 19.3. The van der Waals surface area contributed by atoms with E-state index in [0.717, 1.165) is 5.56 Å². The van der Waals surface area contributed by atoms with Gasteiger partial charge in [-0.25, -0.2) is 8.42 Å². The van der Waals surface area contributed by atoms with Gasteiger partial charge in [0, 0.05) is 32.1 Å². The van der Waals surface area contributed by atoms with Crippen molar-refractivity contribution in [3.05, 3.63) is 29.8 Å². The van der Waals surface area contributed by atoms with E-state index in [0.29, 0.717) is 43.9 Å². The third-order valence-electron chi connectivity index (χ3n) is 5.19. The van der Waals surface area contributed by atoms with Crippen molar-refractivity contribution in [2.24, 2.45) is 5.92 Å². The molecular weight excluding hydrogens is 352 g/mol. The first-order valence-electron chi connectivity index (χ1n) is 9.28. The second kappa shape index (κ2) is 7.66. The molecule has 0 unspecified atom stereocenters. The first-order valence-corrected chi connectivity index (χ1v) is 10.7. The second-order valence-electron chi connectivity index (χ2n) is 7.49. The van der Waals surface area contributed by atoms with E-state index in [-0.39, 0.29) is 24.0 Å². The Morgan fingerprint density at radius 1 is 1.04 bits per heavy atom. The lowest BCUT2D eigenvalue weighted by Gasteiger charge is -2.39. The average molecular weight is 381 g/mol. The van der Waals surface area contributed by atoms with E-state index in [1.54, 1.807) is 12.1 Å². The smallest absolute Gasteiger partial charge is 0.243 e. The minimum atomic E-state index is -3.48. The molecule has 2 saturated heterocycles. The lowest BCUT2D eigenvalue weighted by Crippen LogP contribution is -2.51. The molecule has 0 spiro atoms. The molecule has 1 aromatic rings. The van der Waals surface area contributed by atoms with Crippen LogP contribution in [0.15, 0.2) is 29.2 Å². The summed E-state index contributed by atoms with van der Waals surface area (Å²) in [6.07, 6.45) is 1.24. The van der Waals surface area contributed by atoms with Crippen LogP contribution in [-0.2, 0) is 19.6 Å². The molecule has 0 aromatic heterocycles. The van der Waals surface area contributed by atoms with Gasteiger partial charge in [0.25, 0.3) is 0 Å². The normalized spacial score (nSPS) is 26.0. The van der Waals surface area contributed by atoms with Crippen molar-refractivity contribution >= 4 is 15.9 Å². The molecule has 3 rings (SSSR count). The summed E-state index contributed by atoms with van der Waals surface area (Å²) in [6, 6.07) is 6.92. The summed E-state index contributed by atoms with van der Waals surface area (Å²) in [4.78, 5) is 15.0. The van der Waals surface area contributed by atoms with E-state index in [1.807, 2.05) is 37.8 Å². The van der Waals surface area contributed by atoms with Gasteiger partial charge in [0.2, 0.25) is 15.9 Å². The van der Waals surface area contributed by atoms with E-state index >= 15 is 0 Å². The molecule has 144 valence electrons. The first-order chi connectivity index (χ1) is 12.3. The maximum absolute atomic E-state index is 12.8. The van der Waals surface area contributed by atoms with Gasteiger partial charge < -0.3 is 9.64 Å². The highest BCUT2D eigenvalue weighted by Crippen LogP contribution is 2.26. The van der Waals surface area contributed by atoms with Crippen LogP contribution < -0.4 is 0 Å². The van der Waals surface area contributed by atoms with Crippen molar-refractivity contribution in [3.63, 3.8) is 0 Å². The minimum absolute atomic E-state index is 0.0460. The zero-order chi connectivity index (χ0) is 18.9. The molecule has 0 bridgehead atoms. The topological polar surface area (TPSA) is 66.9 Å². The average Bonchev–Trinajstić information content (AvgIpc) is 2.61. The quantitative estimate of drug-likeness (QED) is 0.805. The van der Waals surface area contributed by atoms with Crippen LogP contribution in [0.1, 0.15) is 32.3 Å². The lowest BCUT2D eigenvalue weighted by molar-refractivity contribution is -0.148. The molecule has 0 radical (unpaired) electrons. The zero-order valence-electron chi connectivity index (χ0n) is 15.7. The number of aryl methyl sites for hydroxylation is 1. The van der Waals surface area contributed by atoms with Gasteiger partial charge in [-0.1, -0.05) is 17.7 Å². The predicted octanol–water partition coefficient (Wildman–Crippen LogP) is 2.03. The molecule has 2 heterocycles. The van der Waals surface area contributed by atoms with Gasteiger partial charge in [0.05, 0.1) is 17.1 Å². The van der Waals surface area contributed by atoms with Crippen LogP contribution in [0.5, 0.6) is 0 Å². The maximum Gasteiger partial charge on any atom is 0.243 e. The van der Waals surface area contributed by atoms with Gasteiger partial charge in [-0.15, -0.1) is 0 Å². The van der Waals surface area contributed by atoms with Gasteiger partial charge >= 0.3 is 0 Å². The third-order valence-corrected chi connectivity index (χ3v) is 7.11. The SMILES string of the molecule is Cc1ccc(S(=O)(=O)N2CCC(C(=O)N3C[C@H](C)O[C@@H](C)C3)CC2)cc1. The Kier molecular flexibility index (Phi) is 5.69. The summed E-state index contributed by atoms with van der Waals surface area (Å²) >= 11 is 0. The Labute approximate surface area is 156 Å². The molecular formula is C19H28N2O4S. The number of carbonyl (C=O) groups is 1. The van der Waals surface area contributed by atoms with Gasteiger partial charge in [-0.3, -0.25) is 4.79 Å². The Bertz CT molecular complexity index is 729. The fourth-order valence-electron chi connectivity index (χ4n) is 3.82. The van der Waals surface area contributed by atoms with Crippen LogP contribution in [0, 0.1) is 12.8 Å². The summed E-state index contributed by atoms with van der Waals surface area (Å²) in [5.41, 5.74) is 1.03. The van der Waals surface area contributed by atoms with E-state index < -0.39 is 10.0 Å². The maximum atomic E-state index is 12.8. The van der Waals surface area contributed by atoms with E-state index in [9.17, 15) is 13.2 Å². The zero-order valence-corrected chi connectivity index (χ0v) is 16.5. The highest BCUT2D eigenvalue weighted by molar-refractivity contribution is 7.89. The molecule has 7 heteroatoms. The van der Waals surface area contributed by atoms with Crippen molar-refractivity contribution in [1.29, 1.82) is 0 Å². The number of piperidine rings is 1. The van der Waals surface area contributed by atoms with Gasteiger partial charge in [-0.05, 0) is 45.7 Å². The molecule has 2 atom stereocenters. The summed E-state index contributed by atoms with van der Waals surface area (Å²) in [7, 11) is -3.48. The molecule has 26 heavy (non-hydrogen) atoms. The van der Waals surface area contributed by atoms with Crippen molar-refractivity contribution < 1.29 is 17.9 Å². The monoisotopic (exact) mass is 380 g/mol. The number of rotatable bonds is 3. The van der Waals surface area contributed by atoms with Gasteiger partial charge in [0.15, 0.2) is 0 Å². The Morgan fingerprint density at radius 2 is 1.58 bits per heavy atom. The molecule has 2 aliphatic rings. The summed E-state index contributed by atoms with van der Waals surface area (Å²) in [6.45, 7) is 7.90. The molecule has 6 nitrogen and oxygen atoms in total. The standard InChI is InChI=1S/C19H28N2O4S/c1-14-4-6-18(7-5-14)26(23,24)21-10-8-17(9-11-21)19(22)20-12-15(2)25-16(3)13-20/h4-7,15-17H,8-13H2,1-3H3/t15-,16-/m0/s1. The van der Waals surface area contributed by atoms with Crippen molar-refractivity contribution in [2.75, 3.05) is 26.2 Å². The number of ether oxygens (including phenoxy) is 1. The van der Waals surface area contributed by atoms with E-state index in [1.165, 1.54) is 4.31 Å². The van der Waals surface area contributed by atoms with Crippen molar-refractivity contribution in [1.82, 2.24) is 9.21 Å². The van der Waals surface area contributed by atoms with Gasteiger partial charge in [-0.2, -0.15) is 4.31 Å². The Balaban J connectivity index is 1.62. The summed E-state index contributed by atoms with van der Waals surface area (Å²) in [5.74, 6) is 0.0383. The van der Waals surface area contributed by atoms with Crippen LogP contribution in [0.2, 0.25) is 0 Å². The Hall–Kier alpha value is -1.44. The van der Waals surface area contributed by atoms with Crippen LogP contribution in [0.4, 0.5) is 0 Å². The van der Waals surface area contributed by atoms with Crippen molar-refractivity contribution in [3.8, 4) is 0 Å². The number of amides is 1. The van der Waals surface area contributed by atoms with E-state index in [2.05, 4.69) is 0 Å². The highest BCUT2D eigenvalue weighted by Gasteiger charge is 2.35. The lowest BCUT2D eigenvalue weighted by atomic mass is 9.96. The van der Waals surface area contributed by atoms with Crippen LogP contribution >= 0.6 is 0 Å². The number of sulfonamides is 1. The molecule has 1 amide bonds. The minimum Gasteiger partial charge on any atom is -0.372 e. The second-order valence-corrected chi connectivity index (χ2v) is 9.43. The number of hydrogen-bond acceptors (Lipinski definition) is 4. The van der Waals surface area contributed by atoms with Crippen LogP contribution in [-0.4, -0.2) is 61.9 Å². The van der Waals surface area contributed by atoms with E-state index in [4.69, 9.17) is 4.74 Å². The highest BCUT2D eigenvalue weighted by atomic mass is 32.2. The number of nitrogens with zero attached hydrogens (tertiary/aromatic N) is 2. The van der Waals surface area contributed by atoms with Gasteiger partial charge in [0.1, 0.15) is 0 Å². The summed E-state index contributed by atoms with van der Waals surface area (Å²) < 4.78 is 32.8. The molecule has 1 aromatic carbocycles. The third kappa shape index (κ3) is 4.10. The fourth-order valence-corrected chi connectivity index (χ4v) is 5.29. The molecule has 0 N–H and O–H groups in total. The van der Waals surface area contributed by atoms with Crippen LogP contribution in [0.25, 0.3) is 0 Å².